The maximum Gasteiger partial charge on any atom is 0.309 e. The lowest BCUT2D eigenvalue weighted by atomic mass is 10.0. The summed E-state index contributed by atoms with van der Waals surface area (Å²) in [4.78, 5) is 25.1. The lowest BCUT2D eigenvalue weighted by molar-refractivity contribution is -0.162. The highest BCUT2D eigenvalue weighted by Gasteiger charge is 2.17. The molecular weight excluding hydrogens is 717 g/mol. The topological polar surface area (TPSA) is 61.8 Å². The summed E-state index contributed by atoms with van der Waals surface area (Å²) in [7, 11) is 0. The van der Waals surface area contributed by atoms with E-state index >= 15 is 0 Å². The third-order valence-electron chi connectivity index (χ3n) is 10.6. The van der Waals surface area contributed by atoms with Crippen molar-refractivity contribution in [1.82, 2.24) is 0 Å². The smallest absolute Gasteiger partial charge is 0.309 e. The van der Waals surface area contributed by atoms with Gasteiger partial charge in [0, 0.05) is 13.0 Å². The van der Waals surface area contributed by atoms with E-state index in [0.717, 1.165) is 64.2 Å². The van der Waals surface area contributed by atoms with Gasteiger partial charge in [0.2, 0.25) is 0 Å². The monoisotopic (exact) mass is 811 g/mol. The van der Waals surface area contributed by atoms with Crippen LogP contribution in [-0.4, -0.2) is 37.9 Å². The lowest BCUT2D eigenvalue weighted by Crippen LogP contribution is -2.30. The van der Waals surface area contributed by atoms with Crippen LogP contribution in [0.15, 0.2) is 60.8 Å². The first-order chi connectivity index (χ1) is 28.6. The molecule has 5 nitrogen and oxygen atoms in total. The predicted molar refractivity (Wildman–Crippen MR) is 251 cm³/mol. The first-order valence-electron chi connectivity index (χ1n) is 24.8. The predicted octanol–water partition coefficient (Wildman–Crippen LogP) is 16.6. The maximum absolute atomic E-state index is 12.6. The average Bonchev–Trinajstić information content (AvgIpc) is 3.22. The molecule has 0 fully saturated rings. The molecule has 58 heavy (non-hydrogen) atoms. The second kappa shape index (κ2) is 49.0. The first kappa shape index (κ1) is 55.6. The van der Waals surface area contributed by atoms with Crippen molar-refractivity contribution in [3.8, 4) is 0 Å². The molecule has 0 radical (unpaired) electrons. The van der Waals surface area contributed by atoms with Crippen molar-refractivity contribution in [3.05, 3.63) is 60.8 Å². The number of rotatable bonds is 45. The van der Waals surface area contributed by atoms with Gasteiger partial charge in [0.25, 0.3) is 0 Å². The molecule has 0 aliphatic carbocycles. The van der Waals surface area contributed by atoms with Crippen LogP contribution in [0.5, 0.6) is 0 Å². The van der Waals surface area contributed by atoms with Crippen LogP contribution in [0.4, 0.5) is 0 Å². The second-order valence-corrected chi connectivity index (χ2v) is 16.4. The first-order valence-corrected chi connectivity index (χ1v) is 24.8. The van der Waals surface area contributed by atoms with Gasteiger partial charge in [0.05, 0.1) is 13.0 Å². The van der Waals surface area contributed by atoms with Gasteiger partial charge in [-0.05, 0) is 44.9 Å². The van der Waals surface area contributed by atoms with E-state index in [2.05, 4.69) is 69.4 Å². The van der Waals surface area contributed by atoms with Crippen LogP contribution < -0.4 is 0 Å². The van der Waals surface area contributed by atoms with Crippen LogP contribution in [0, 0.1) is 0 Å². The van der Waals surface area contributed by atoms with E-state index in [-0.39, 0.29) is 31.6 Å². The summed E-state index contributed by atoms with van der Waals surface area (Å²) in [6, 6.07) is 0. The van der Waals surface area contributed by atoms with Gasteiger partial charge in [0.1, 0.15) is 6.61 Å². The number of unbranched alkanes of at least 4 members (excludes halogenated alkanes) is 25. The van der Waals surface area contributed by atoms with Crippen molar-refractivity contribution in [2.45, 2.75) is 245 Å². The number of carbonyl (C=O) groups excluding carboxylic acids is 2. The summed E-state index contributed by atoms with van der Waals surface area (Å²) >= 11 is 0. The molecule has 0 aromatic heterocycles. The van der Waals surface area contributed by atoms with E-state index in [4.69, 9.17) is 14.2 Å². The fourth-order valence-corrected chi connectivity index (χ4v) is 6.94. The summed E-state index contributed by atoms with van der Waals surface area (Å²) in [5.41, 5.74) is 0. The fraction of sp³-hybridized carbons (Fsp3) is 0.774. The normalized spacial score (nSPS) is 12.7. The molecule has 0 spiro atoms. The van der Waals surface area contributed by atoms with Crippen molar-refractivity contribution >= 4 is 11.9 Å². The molecule has 0 aromatic carbocycles. The van der Waals surface area contributed by atoms with E-state index in [1.54, 1.807) is 0 Å². The standard InChI is InChI=1S/C53H94O5/c1-4-7-10-13-16-18-20-22-24-25-26-27-28-30-32-34-36-39-42-45-48-56-49-51(58-53(55)47-44-41-37-15-12-9-6-3)50-57-52(54)46-43-40-38-35-33-31-29-23-21-19-17-14-11-8-5-2/h8,11,17,19,23,29,33,35,40,43,51H,4-7,9-10,12-16,18,20-22,24-28,30-32,34,36-39,41-42,44-50H2,1-3H3/b11-8-,19-17-,29-23-,35-33-,43-40-. The Balaban J connectivity index is 4.17. The molecule has 0 aliphatic heterocycles. The molecule has 0 saturated carbocycles. The highest BCUT2D eigenvalue weighted by Crippen LogP contribution is 2.15. The molecule has 336 valence electrons. The summed E-state index contributed by atoms with van der Waals surface area (Å²) in [5.74, 6) is -0.543. The molecule has 0 saturated heterocycles. The van der Waals surface area contributed by atoms with Crippen LogP contribution in [0.25, 0.3) is 0 Å². The maximum atomic E-state index is 12.6. The molecule has 0 aliphatic rings. The Hall–Kier alpha value is -2.40. The number of ether oxygens (including phenoxy) is 3. The Morgan fingerprint density at radius 1 is 0.397 bits per heavy atom. The highest BCUT2D eigenvalue weighted by atomic mass is 16.6. The third-order valence-corrected chi connectivity index (χ3v) is 10.6. The van der Waals surface area contributed by atoms with Gasteiger partial charge in [-0.25, -0.2) is 0 Å². The van der Waals surface area contributed by atoms with Gasteiger partial charge in [-0.2, -0.15) is 0 Å². The van der Waals surface area contributed by atoms with Crippen molar-refractivity contribution < 1.29 is 23.8 Å². The average molecular weight is 811 g/mol. The molecule has 0 bridgehead atoms. The lowest BCUT2D eigenvalue weighted by Gasteiger charge is -2.18. The summed E-state index contributed by atoms with van der Waals surface area (Å²) in [6.07, 6.45) is 61.3. The minimum Gasteiger partial charge on any atom is -0.461 e. The number of hydrogen-bond donors (Lipinski definition) is 0. The largest absolute Gasteiger partial charge is 0.461 e. The molecule has 0 aromatic rings. The highest BCUT2D eigenvalue weighted by molar-refractivity contribution is 5.71. The zero-order valence-electron chi connectivity index (χ0n) is 38.6. The summed E-state index contributed by atoms with van der Waals surface area (Å²) in [6.45, 7) is 7.60. The molecule has 5 heteroatoms. The zero-order chi connectivity index (χ0) is 42.1. The molecular formula is C53H94O5. The van der Waals surface area contributed by atoms with Crippen LogP contribution in [0.2, 0.25) is 0 Å². The number of carbonyl (C=O) groups is 2. The SMILES string of the molecule is CC/C=C\C/C=C\C/C=C\C/C=C\C/C=C\CC(=O)OCC(COCCCCCCCCCCCCCCCCCCCCCC)OC(=O)CCCCCCCCC. The van der Waals surface area contributed by atoms with Gasteiger partial charge in [-0.3, -0.25) is 9.59 Å². The van der Waals surface area contributed by atoms with Crippen LogP contribution in [-0.2, 0) is 23.8 Å². The van der Waals surface area contributed by atoms with E-state index in [1.807, 2.05) is 12.2 Å². The van der Waals surface area contributed by atoms with Crippen molar-refractivity contribution in [1.29, 1.82) is 0 Å². The number of allylic oxidation sites excluding steroid dienone is 9. The molecule has 0 N–H and O–H groups in total. The Labute approximate surface area is 360 Å². The van der Waals surface area contributed by atoms with Crippen molar-refractivity contribution in [3.63, 3.8) is 0 Å². The third kappa shape index (κ3) is 46.3. The molecule has 1 atom stereocenters. The van der Waals surface area contributed by atoms with E-state index in [9.17, 15) is 9.59 Å². The Bertz CT molecular complexity index is 1010. The minimum atomic E-state index is -0.570. The van der Waals surface area contributed by atoms with E-state index in [0.29, 0.717) is 13.0 Å². The van der Waals surface area contributed by atoms with Crippen LogP contribution >= 0.6 is 0 Å². The molecule has 0 rings (SSSR count). The number of esters is 2. The van der Waals surface area contributed by atoms with Gasteiger partial charge < -0.3 is 14.2 Å². The van der Waals surface area contributed by atoms with Gasteiger partial charge in [-0.1, -0.05) is 242 Å². The van der Waals surface area contributed by atoms with Gasteiger partial charge in [0.15, 0.2) is 6.10 Å². The van der Waals surface area contributed by atoms with Gasteiger partial charge in [-0.15, -0.1) is 0 Å². The number of hydrogen-bond acceptors (Lipinski definition) is 5. The zero-order valence-corrected chi connectivity index (χ0v) is 38.6. The Kier molecular flexibility index (Phi) is 46.9. The quantitative estimate of drug-likeness (QED) is 0.0348. The van der Waals surface area contributed by atoms with Crippen LogP contribution in [0.1, 0.15) is 239 Å². The summed E-state index contributed by atoms with van der Waals surface area (Å²) < 4.78 is 17.2. The molecule has 0 heterocycles. The molecule has 1 unspecified atom stereocenters. The van der Waals surface area contributed by atoms with Crippen molar-refractivity contribution in [2.24, 2.45) is 0 Å². The van der Waals surface area contributed by atoms with Crippen LogP contribution in [0.3, 0.4) is 0 Å². The molecule has 0 amide bonds. The Morgan fingerprint density at radius 2 is 0.759 bits per heavy atom. The van der Waals surface area contributed by atoms with Gasteiger partial charge >= 0.3 is 11.9 Å². The van der Waals surface area contributed by atoms with Crippen molar-refractivity contribution in [2.75, 3.05) is 19.8 Å². The van der Waals surface area contributed by atoms with E-state index in [1.165, 1.54) is 141 Å². The Morgan fingerprint density at radius 3 is 1.17 bits per heavy atom. The van der Waals surface area contributed by atoms with E-state index < -0.39 is 6.10 Å². The fourth-order valence-electron chi connectivity index (χ4n) is 6.94. The minimum absolute atomic E-state index is 0.0333. The summed E-state index contributed by atoms with van der Waals surface area (Å²) in [5, 5.41) is 0. The second-order valence-electron chi connectivity index (χ2n) is 16.4.